The fourth-order valence-corrected chi connectivity index (χ4v) is 3.03. The predicted octanol–water partition coefficient (Wildman–Crippen LogP) is 3.90. The smallest absolute Gasteiger partial charge is 0.261 e. The minimum Gasteiger partial charge on any atom is -0.325 e. The number of aromatic nitrogens is 2. The second-order valence-electron chi connectivity index (χ2n) is 5.56. The van der Waals surface area contributed by atoms with Crippen molar-refractivity contribution in [1.29, 1.82) is 0 Å². The average molecular weight is 376 g/mol. The Balaban J connectivity index is 1.83. The molecule has 1 aromatic heterocycles. The fraction of sp³-hybridized carbons (Fsp3) is 0.167. The number of hydrogen-bond acceptors (Lipinski definition) is 3. The normalized spacial score (nSPS) is 10.8. The van der Waals surface area contributed by atoms with Crippen LogP contribution in [0.25, 0.3) is 10.9 Å². The maximum absolute atomic E-state index is 12.5. The van der Waals surface area contributed by atoms with E-state index >= 15 is 0 Å². The summed E-state index contributed by atoms with van der Waals surface area (Å²) in [5.41, 5.74) is 1.85. The number of carbonyl (C=O) groups is 1. The van der Waals surface area contributed by atoms with E-state index in [1.807, 2.05) is 24.3 Å². The first-order valence-corrected chi connectivity index (χ1v) is 8.46. The molecule has 5 nitrogen and oxygen atoms in total. The lowest BCUT2D eigenvalue weighted by Crippen LogP contribution is -2.28. The molecule has 3 rings (SSSR count). The molecule has 3 aromatic rings. The Morgan fingerprint density at radius 3 is 2.60 bits per heavy atom. The van der Waals surface area contributed by atoms with E-state index in [-0.39, 0.29) is 23.4 Å². The highest BCUT2D eigenvalue weighted by Gasteiger charge is 2.11. The van der Waals surface area contributed by atoms with Gasteiger partial charge in [-0.05, 0) is 36.2 Å². The van der Waals surface area contributed by atoms with E-state index in [0.29, 0.717) is 21.2 Å². The summed E-state index contributed by atoms with van der Waals surface area (Å²) < 4.78 is 1.23. The van der Waals surface area contributed by atoms with Crippen molar-refractivity contribution in [3.63, 3.8) is 0 Å². The Hall–Kier alpha value is -2.37. The van der Waals surface area contributed by atoms with Gasteiger partial charge in [0.1, 0.15) is 6.54 Å². The summed E-state index contributed by atoms with van der Waals surface area (Å²) in [4.78, 5) is 28.9. The van der Waals surface area contributed by atoms with Crippen LogP contribution in [0, 0.1) is 0 Å². The van der Waals surface area contributed by atoms with Gasteiger partial charge in [0.05, 0.1) is 22.3 Å². The molecule has 1 heterocycles. The monoisotopic (exact) mass is 375 g/mol. The van der Waals surface area contributed by atoms with Crippen LogP contribution in [-0.4, -0.2) is 15.5 Å². The summed E-state index contributed by atoms with van der Waals surface area (Å²) in [6.07, 6.45) is 2.24. The number of aryl methyl sites for hydroxylation is 1. The number of rotatable bonds is 4. The molecule has 0 saturated carbocycles. The molecule has 0 spiro atoms. The number of nitrogens with one attached hydrogen (secondary N) is 1. The van der Waals surface area contributed by atoms with Gasteiger partial charge in [-0.3, -0.25) is 14.2 Å². The number of fused-ring (bicyclic) bond motifs is 1. The van der Waals surface area contributed by atoms with Gasteiger partial charge in [-0.15, -0.1) is 0 Å². The molecule has 7 heteroatoms. The number of anilines is 1. The van der Waals surface area contributed by atoms with E-state index in [9.17, 15) is 9.59 Å². The highest BCUT2D eigenvalue weighted by molar-refractivity contribution is 6.38. The fourth-order valence-electron chi connectivity index (χ4n) is 2.49. The van der Waals surface area contributed by atoms with Gasteiger partial charge in [0.15, 0.2) is 0 Å². The molecule has 128 valence electrons. The van der Waals surface area contributed by atoms with Gasteiger partial charge < -0.3 is 5.32 Å². The maximum Gasteiger partial charge on any atom is 0.261 e. The van der Waals surface area contributed by atoms with Crippen molar-refractivity contribution < 1.29 is 4.79 Å². The van der Waals surface area contributed by atoms with Crippen LogP contribution in [0.1, 0.15) is 12.5 Å². The average Bonchev–Trinajstić information content (AvgIpc) is 2.58. The van der Waals surface area contributed by atoms with Crippen LogP contribution in [0.3, 0.4) is 0 Å². The van der Waals surface area contributed by atoms with E-state index < -0.39 is 0 Å². The summed E-state index contributed by atoms with van der Waals surface area (Å²) in [6.45, 7) is 1.91. The van der Waals surface area contributed by atoms with E-state index in [1.165, 1.54) is 28.6 Å². The lowest BCUT2D eigenvalue weighted by atomic mass is 10.1. The van der Waals surface area contributed by atoms with Gasteiger partial charge in [-0.25, -0.2) is 4.98 Å². The molecule has 25 heavy (non-hydrogen) atoms. The predicted molar refractivity (Wildman–Crippen MR) is 100 cm³/mol. The lowest BCUT2D eigenvalue weighted by Gasteiger charge is -2.09. The van der Waals surface area contributed by atoms with Crippen LogP contribution >= 0.6 is 23.2 Å². The Morgan fingerprint density at radius 2 is 1.92 bits per heavy atom. The number of halogens is 2. The van der Waals surface area contributed by atoms with Crippen LogP contribution in [0.2, 0.25) is 10.0 Å². The summed E-state index contributed by atoms with van der Waals surface area (Å²) in [7, 11) is 0. The van der Waals surface area contributed by atoms with Crippen molar-refractivity contribution >= 4 is 45.7 Å². The number of carbonyl (C=O) groups excluding carboxylic acids is 1. The number of nitrogens with zero attached hydrogens (tertiary/aromatic N) is 2. The second-order valence-corrected chi connectivity index (χ2v) is 6.40. The van der Waals surface area contributed by atoms with Gasteiger partial charge in [0, 0.05) is 10.7 Å². The SMILES string of the molecule is CCc1ccc(NC(=O)Cn2cnc3c(Cl)cc(Cl)cc3c2=O)cc1. The molecule has 1 N–H and O–H groups in total. The van der Waals surface area contributed by atoms with Crippen LogP contribution in [0.4, 0.5) is 5.69 Å². The molecule has 0 bridgehead atoms. The highest BCUT2D eigenvalue weighted by Crippen LogP contribution is 2.23. The third kappa shape index (κ3) is 3.83. The summed E-state index contributed by atoms with van der Waals surface area (Å²) in [5, 5.41) is 3.68. The van der Waals surface area contributed by atoms with Crippen molar-refractivity contribution in [3.05, 3.63) is 68.7 Å². The molecule has 0 aliphatic rings. The molecule has 0 radical (unpaired) electrons. The Morgan fingerprint density at radius 1 is 1.20 bits per heavy atom. The Kier molecular flexibility index (Phi) is 5.06. The second kappa shape index (κ2) is 7.25. The van der Waals surface area contributed by atoms with E-state index in [4.69, 9.17) is 23.2 Å². The zero-order chi connectivity index (χ0) is 18.0. The zero-order valence-electron chi connectivity index (χ0n) is 13.4. The molecule has 0 fully saturated rings. The van der Waals surface area contributed by atoms with Crippen molar-refractivity contribution in [2.24, 2.45) is 0 Å². The van der Waals surface area contributed by atoms with Crippen molar-refractivity contribution in [1.82, 2.24) is 9.55 Å². The van der Waals surface area contributed by atoms with E-state index in [0.717, 1.165) is 6.42 Å². The van der Waals surface area contributed by atoms with Gasteiger partial charge >= 0.3 is 0 Å². The van der Waals surface area contributed by atoms with Crippen LogP contribution in [0.15, 0.2) is 47.5 Å². The summed E-state index contributed by atoms with van der Waals surface area (Å²) in [6, 6.07) is 10.6. The van der Waals surface area contributed by atoms with Crippen molar-refractivity contribution in [2.75, 3.05) is 5.32 Å². The third-order valence-electron chi connectivity index (χ3n) is 3.81. The first-order chi connectivity index (χ1) is 12.0. The van der Waals surface area contributed by atoms with Gasteiger partial charge in [0.25, 0.3) is 5.56 Å². The highest BCUT2D eigenvalue weighted by atomic mass is 35.5. The molecule has 0 aliphatic carbocycles. The molecule has 2 aromatic carbocycles. The summed E-state index contributed by atoms with van der Waals surface area (Å²) >= 11 is 12.0. The molecule has 0 unspecified atom stereocenters. The molecule has 0 atom stereocenters. The van der Waals surface area contributed by atoms with Gasteiger partial charge in [-0.1, -0.05) is 42.3 Å². The zero-order valence-corrected chi connectivity index (χ0v) is 14.9. The number of hydrogen-bond donors (Lipinski definition) is 1. The lowest BCUT2D eigenvalue weighted by molar-refractivity contribution is -0.116. The standard InChI is InChI=1S/C18H15Cl2N3O2/c1-2-11-3-5-13(6-4-11)22-16(24)9-23-10-21-17-14(18(23)25)7-12(19)8-15(17)20/h3-8,10H,2,9H2,1H3,(H,22,24). The molecule has 0 saturated heterocycles. The Labute approximate surface area is 154 Å². The van der Waals surface area contributed by atoms with E-state index in [1.54, 1.807) is 0 Å². The van der Waals surface area contributed by atoms with Crippen molar-refractivity contribution in [2.45, 2.75) is 19.9 Å². The quantitative estimate of drug-likeness (QED) is 0.751. The van der Waals surface area contributed by atoms with E-state index in [2.05, 4.69) is 17.2 Å². The molecular formula is C18H15Cl2N3O2. The molecule has 1 amide bonds. The summed E-state index contributed by atoms with van der Waals surface area (Å²) in [5.74, 6) is -0.319. The van der Waals surface area contributed by atoms with Crippen molar-refractivity contribution in [3.8, 4) is 0 Å². The minimum atomic E-state index is -0.370. The number of amides is 1. The minimum absolute atomic E-state index is 0.151. The number of benzene rings is 2. The van der Waals surface area contributed by atoms with Crippen LogP contribution < -0.4 is 10.9 Å². The first-order valence-electron chi connectivity index (χ1n) is 7.71. The topological polar surface area (TPSA) is 64.0 Å². The Bertz CT molecular complexity index is 998. The molecular weight excluding hydrogens is 361 g/mol. The first kappa shape index (κ1) is 17.5. The van der Waals surface area contributed by atoms with Gasteiger partial charge in [0.2, 0.25) is 5.91 Å². The van der Waals surface area contributed by atoms with Crippen LogP contribution in [-0.2, 0) is 17.8 Å². The molecule has 0 aliphatic heterocycles. The largest absolute Gasteiger partial charge is 0.325 e. The third-order valence-corrected chi connectivity index (χ3v) is 4.31. The van der Waals surface area contributed by atoms with Crippen LogP contribution in [0.5, 0.6) is 0 Å². The van der Waals surface area contributed by atoms with Gasteiger partial charge in [-0.2, -0.15) is 0 Å². The maximum atomic E-state index is 12.5.